The number of fused-ring (bicyclic) bond motifs is 6. The Hall–Kier alpha value is -7.44. The number of nitriles is 1. The van der Waals surface area contributed by atoms with Crippen molar-refractivity contribution in [1.29, 1.82) is 5.26 Å². The molecule has 4 nitrogen and oxygen atoms in total. The van der Waals surface area contributed by atoms with Crippen molar-refractivity contribution in [3.63, 3.8) is 0 Å². The molecule has 10 aromatic rings. The van der Waals surface area contributed by atoms with Gasteiger partial charge in [0.2, 0.25) is 0 Å². The maximum atomic E-state index is 9.85. The molecule has 0 saturated carbocycles. The van der Waals surface area contributed by atoms with Gasteiger partial charge in [-0.2, -0.15) is 5.26 Å². The van der Waals surface area contributed by atoms with Crippen molar-refractivity contribution in [1.82, 2.24) is 9.13 Å². The predicted molar refractivity (Wildman–Crippen MR) is 230 cm³/mol. The minimum absolute atomic E-state index is 0.574. The van der Waals surface area contributed by atoms with Crippen LogP contribution in [-0.4, -0.2) is 17.2 Å². The van der Waals surface area contributed by atoms with Crippen molar-refractivity contribution < 1.29 is 0 Å². The summed E-state index contributed by atoms with van der Waals surface area (Å²) in [5, 5.41) is 19.4. The molecule has 256 valence electrons. The minimum Gasteiger partial charge on any atom is -0.309 e. The summed E-state index contributed by atoms with van der Waals surface area (Å²) in [5.41, 5.74) is 7.67. The number of hydrogen-bond donors (Lipinski definition) is 0. The van der Waals surface area contributed by atoms with E-state index in [1.165, 1.54) is 42.6 Å². The third-order valence-electron chi connectivity index (χ3n) is 11.1. The molecule has 0 spiro atoms. The van der Waals surface area contributed by atoms with Crippen LogP contribution in [0, 0.1) is 17.9 Å². The fourth-order valence-electron chi connectivity index (χ4n) is 8.84. The average Bonchev–Trinajstić information content (AvgIpc) is 3.77. The smallest absolute Gasteiger partial charge is 0.188 e. The summed E-state index contributed by atoms with van der Waals surface area (Å²) in [6.07, 6.45) is 0. The highest BCUT2D eigenvalue weighted by Gasteiger charge is 2.43. The van der Waals surface area contributed by atoms with Crippen LogP contribution in [0.2, 0.25) is 0 Å². The molecule has 0 N–H and O–H groups in total. The molecule has 5 heteroatoms. The van der Waals surface area contributed by atoms with Crippen LogP contribution >= 0.6 is 0 Å². The second-order valence-corrected chi connectivity index (χ2v) is 17.7. The Balaban J connectivity index is 1.35. The molecule has 0 unspecified atom stereocenters. The SMILES string of the molecule is [C-]#[N+]c1ccc2c(c1)c1cc(C#N)ccc1n2-c1cccc([Si](c2ccccc2)(c2ccccc2)c2cccc3c2c2ccccc2n3-c2ccccc2)c1. The Morgan fingerprint density at radius 2 is 1.00 bits per heavy atom. The lowest BCUT2D eigenvalue weighted by Crippen LogP contribution is -2.74. The first-order chi connectivity index (χ1) is 27.2. The lowest BCUT2D eigenvalue weighted by atomic mass is 10.1. The number of nitrogens with zero attached hydrogens (tertiary/aromatic N) is 4. The summed E-state index contributed by atoms with van der Waals surface area (Å²) in [6.45, 7) is 7.75. The van der Waals surface area contributed by atoms with Gasteiger partial charge < -0.3 is 9.13 Å². The lowest BCUT2D eigenvalue weighted by molar-refractivity contribution is 1.18. The summed E-state index contributed by atoms with van der Waals surface area (Å²) in [6, 6.07) is 71.7. The molecule has 0 radical (unpaired) electrons. The zero-order chi connectivity index (χ0) is 36.9. The number of benzene rings is 8. The largest absolute Gasteiger partial charge is 0.309 e. The molecule has 8 aromatic carbocycles. The molecule has 2 heterocycles. The van der Waals surface area contributed by atoms with Gasteiger partial charge in [-0.1, -0.05) is 127 Å². The normalized spacial score (nSPS) is 11.6. The predicted octanol–water partition coefficient (Wildman–Crippen LogP) is 9.68. The van der Waals surface area contributed by atoms with Crippen LogP contribution < -0.4 is 20.7 Å². The summed E-state index contributed by atoms with van der Waals surface area (Å²) in [7, 11) is -3.09. The zero-order valence-corrected chi connectivity index (χ0v) is 30.8. The molecule has 2 aromatic heterocycles. The van der Waals surface area contributed by atoms with Crippen LogP contribution in [-0.2, 0) is 0 Å². The fourth-order valence-corrected chi connectivity index (χ4v) is 13.8. The van der Waals surface area contributed by atoms with E-state index in [-0.39, 0.29) is 0 Å². The van der Waals surface area contributed by atoms with Crippen molar-refractivity contribution in [2.45, 2.75) is 0 Å². The Morgan fingerprint density at radius 3 is 1.71 bits per heavy atom. The molecule has 0 atom stereocenters. The molecule has 0 bridgehead atoms. The van der Waals surface area contributed by atoms with Crippen molar-refractivity contribution in [3.8, 4) is 17.4 Å². The topological polar surface area (TPSA) is 38.0 Å². The monoisotopic (exact) mass is 716 g/mol. The second-order valence-electron chi connectivity index (χ2n) is 13.9. The van der Waals surface area contributed by atoms with Crippen LogP contribution in [0.25, 0.3) is 59.8 Å². The molecule has 0 aliphatic rings. The van der Waals surface area contributed by atoms with E-state index in [9.17, 15) is 5.26 Å². The van der Waals surface area contributed by atoms with E-state index in [4.69, 9.17) is 6.57 Å². The number of rotatable bonds is 6. The molecule has 0 aliphatic heterocycles. The van der Waals surface area contributed by atoms with E-state index in [0.29, 0.717) is 11.3 Å². The Kier molecular flexibility index (Phi) is 7.56. The average molecular weight is 717 g/mol. The summed E-state index contributed by atoms with van der Waals surface area (Å²) >= 11 is 0. The molecule has 55 heavy (non-hydrogen) atoms. The Labute approximate surface area is 319 Å². The zero-order valence-electron chi connectivity index (χ0n) is 29.8. The quantitative estimate of drug-likeness (QED) is 0.0960. The highest BCUT2D eigenvalue weighted by Crippen LogP contribution is 2.36. The minimum atomic E-state index is -3.09. The molecular weight excluding hydrogens is 685 g/mol. The van der Waals surface area contributed by atoms with E-state index >= 15 is 0 Å². The van der Waals surface area contributed by atoms with Gasteiger partial charge in [0.1, 0.15) is 0 Å². The Morgan fingerprint density at radius 1 is 0.455 bits per heavy atom. The summed E-state index contributed by atoms with van der Waals surface area (Å²) in [5.74, 6) is 0. The molecule has 0 saturated heterocycles. The standard InChI is InChI=1S/C50H32N4Si/c1-52-36-28-30-47-44(32-36)43-31-35(34-51)27-29-46(43)54(47)38-17-13-22-41(33-38)55(39-18-7-3-8-19-39,40-20-9-4-10-21-40)49-26-14-25-48-50(49)42-23-11-12-24-45(42)53(48)37-15-5-2-6-16-37/h2-33H. The van der Waals surface area contributed by atoms with Crippen molar-refractivity contribution in [2.75, 3.05) is 0 Å². The molecule has 10 rings (SSSR count). The van der Waals surface area contributed by atoms with Gasteiger partial charge in [-0.25, -0.2) is 4.85 Å². The van der Waals surface area contributed by atoms with Crippen molar-refractivity contribution >= 4 is 78.1 Å². The van der Waals surface area contributed by atoms with E-state index < -0.39 is 8.07 Å². The van der Waals surface area contributed by atoms with Gasteiger partial charge in [0, 0.05) is 27.5 Å². The van der Waals surface area contributed by atoms with Crippen LogP contribution in [0.3, 0.4) is 0 Å². The third kappa shape index (κ3) is 4.88. The number of aromatic nitrogens is 2. The van der Waals surface area contributed by atoms with Crippen LogP contribution in [0.4, 0.5) is 5.69 Å². The molecule has 0 aliphatic carbocycles. The van der Waals surface area contributed by atoms with E-state index in [1.807, 2.05) is 36.4 Å². The lowest BCUT2D eigenvalue weighted by Gasteiger charge is -2.35. The summed E-state index contributed by atoms with van der Waals surface area (Å²) in [4.78, 5) is 3.75. The fraction of sp³-hybridized carbons (Fsp3) is 0. The number of para-hydroxylation sites is 2. The van der Waals surface area contributed by atoms with Gasteiger partial charge in [0.05, 0.1) is 40.3 Å². The molecule has 0 fully saturated rings. The summed E-state index contributed by atoms with van der Waals surface area (Å²) < 4.78 is 4.70. The van der Waals surface area contributed by atoms with Crippen molar-refractivity contribution in [3.05, 3.63) is 211 Å². The van der Waals surface area contributed by atoms with Gasteiger partial charge in [-0.3, -0.25) is 0 Å². The van der Waals surface area contributed by atoms with E-state index in [0.717, 1.165) is 33.2 Å². The highest BCUT2D eigenvalue weighted by atomic mass is 28.3. The van der Waals surface area contributed by atoms with Gasteiger partial charge >= 0.3 is 0 Å². The van der Waals surface area contributed by atoms with Gasteiger partial charge in [-0.05, 0) is 92.9 Å². The van der Waals surface area contributed by atoms with Gasteiger partial charge in [0.25, 0.3) is 0 Å². The van der Waals surface area contributed by atoms with Crippen LogP contribution in [0.1, 0.15) is 5.56 Å². The van der Waals surface area contributed by atoms with Crippen LogP contribution in [0.5, 0.6) is 0 Å². The van der Waals surface area contributed by atoms with E-state index in [2.05, 4.69) is 178 Å². The van der Waals surface area contributed by atoms with Crippen LogP contribution in [0.15, 0.2) is 194 Å². The maximum Gasteiger partial charge on any atom is 0.188 e. The van der Waals surface area contributed by atoms with Gasteiger partial charge in [0.15, 0.2) is 13.8 Å². The first-order valence-electron chi connectivity index (χ1n) is 18.4. The first kappa shape index (κ1) is 32.2. The van der Waals surface area contributed by atoms with Gasteiger partial charge in [-0.15, -0.1) is 0 Å². The maximum absolute atomic E-state index is 9.85. The first-order valence-corrected chi connectivity index (χ1v) is 20.4. The van der Waals surface area contributed by atoms with Crippen molar-refractivity contribution in [2.24, 2.45) is 0 Å². The Bertz CT molecular complexity index is 3050. The molecular formula is C50H32N4Si. The molecule has 0 amide bonds. The van der Waals surface area contributed by atoms with E-state index in [1.54, 1.807) is 0 Å². The highest BCUT2D eigenvalue weighted by molar-refractivity contribution is 7.20. The second kappa shape index (κ2) is 12.9. The number of hydrogen-bond acceptors (Lipinski definition) is 1. The third-order valence-corrected chi connectivity index (χ3v) is 15.9.